The van der Waals surface area contributed by atoms with Crippen molar-refractivity contribution in [2.45, 2.75) is 13.3 Å². The van der Waals surface area contributed by atoms with Crippen molar-refractivity contribution in [1.82, 2.24) is 0 Å². The maximum atomic E-state index is 11.7. The van der Waals surface area contributed by atoms with Gasteiger partial charge in [-0.15, -0.1) is 11.3 Å². The molecule has 2 rings (SSSR count). The van der Waals surface area contributed by atoms with E-state index in [1.54, 1.807) is 18.2 Å². The van der Waals surface area contributed by atoms with Crippen LogP contribution in [0.2, 0.25) is 10.0 Å². The van der Waals surface area contributed by atoms with Crippen LogP contribution in [0.25, 0.3) is 10.4 Å². The van der Waals surface area contributed by atoms with E-state index in [2.05, 4.69) is 0 Å². The molecule has 0 saturated carbocycles. The summed E-state index contributed by atoms with van der Waals surface area (Å²) in [4.78, 5) is 13.0. The van der Waals surface area contributed by atoms with Crippen LogP contribution in [-0.4, -0.2) is 13.1 Å². The van der Waals surface area contributed by atoms with Gasteiger partial charge in [0.15, 0.2) is 0 Å². The predicted molar refractivity (Wildman–Crippen MR) is 84.9 cm³/mol. The topological polar surface area (TPSA) is 52.3 Å². The van der Waals surface area contributed by atoms with Gasteiger partial charge in [0, 0.05) is 20.5 Å². The fourth-order valence-electron chi connectivity index (χ4n) is 1.96. The molecule has 0 radical (unpaired) electrons. The van der Waals surface area contributed by atoms with E-state index in [-0.39, 0.29) is 0 Å². The lowest BCUT2D eigenvalue weighted by Gasteiger charge is -2.05. The minimum absolute atomic E-state index is 0.399. The monoisotopic (exact) mass is 329 g/mol. The molecule has 0 amide bonds. The highest BCUT2D eigenvalue weighted by Crippen LogP contribution is 2.42. The molecular formula is C14H13Cl2NO2S. The summed E-state index contributed by atoms with van der Waals surface area (Å²) in [6.45, 7) is 1.97. The molecule has 1 aromatic heterocycles. The lowest BCUT2D eigenvalue weighted by atomic mass is 10.1. The first-order valence-electron chi connectivity index (χ1n) is 5.94. The maximum absolute atomic E-state index is 11.7. The number of benzene rings is 1. The lowest BCUT2D eigenvalue weighted by Crippen LogP contribution is -2.02. The van der Waals surface area contributed by atoms with Gasteiger partial charge in [0.1, 0.15) is 4.88 Å². The van der Waals surface area contributed by atoms with Gasteiger partial charge in [0.2, 0.25) is 0 Å². The number of hydrogen-bond donors (Lipinski definition) is 1. The SMILES string of the molecule is CCc1c(-c2cc(Cl)ccc2Cl)sc(C(=O)OC)c1N. The minimum atomic E-state index is -0.438. The van der Waals surface area contributed by atoms with Gasteiger partial charge in [0.05, 0.1) is 12.8 Å². The highest BCUT2D eigenvalue weighted by molar-refractivity contribution is 7.18. The van der Waals surface area contributed by atoms with Crippen molar-refractivity contribution >= 4 is 46.2 Å². The highest BCUT2D eigenvalue weighted by atomic mass is 35.5. The smallest absolute Gasteiger partial charge is 0.350 e. The number of methoxy groups -OCH3 is 1. The molecule has 2 N–H and O–H groups in total. The molecule has 0 aliphatic carbocycles. The summed E-state index contributed by atoms with van der Waals surface area (Å²) in [5, 5.41) is 1.15. The summed E-state index contributed by atoms with van der Waals surface area (Å²) in [5.41, 5.74) is 8.17. The third-order valence-corrected chi connectivity index (χ3v) is 4.77. The third-order valence-electron chi connectivity index (χ3n) is 2.95. The molecule has 0 fully saturated rings. The molecule has 0 saturated heterocycles. The molecule has 2 aromatic rings. The van der Waals surface area contributed by atoms with Crippen molar-refractivity contribution in [2.75, 3.05) is 12.8 Å². The second-order valence-electron chi connectivity index (χ2n) is 4.12. The lowest BCUT2D eigenvalue weighted by molar-refractivity contribution is 0.0607. The maximum Gasteiger partial charge on any atom is 0.350 e. The fraction of sp³-hybridized carbons (Fsp3) is 0.214. The minimum Gasteiger partial charge on any atom is -0.465 e. The first-order valence-corrected chi connectivity index (χ1v) is 7.51. The van der Waals surface area contributed by atoms with Gasteiger partial charge in [0.25, 0.3) is 0 Å². The number of nitrogens with two attached hydrogens (primary N) is 1. The number of anilines is 1. The van der Waals surface area contributed by atoms with Gasteiger partial charge < -0.3 is 10.5 Å². The summed E-state index contributed by atoms with van der Waals surface area (Å²) in [6, 6.07) is 5.22. The van der Waals surface area contributed by atoms with E-state index in [1.165, 1.54) is 18.4 Å². The molecule has 0 atom stereocenters. The van der Waals surface area contributed by atoms with Crippen LogP contribution in [0.3, 0.4) is 0 Å². The van der Waals surface area contributed by atoms with E-state index in [4.69, 9.17) is 33.7 Å². The summed E-state index contributed by atoms with van der Waals surface area (Å²) in [7, 11) is 1.33. The average molecular weight is 330 g/mol. The number of thiophene rings is 1. The number of rotatable bonds is 3. The van der Waals surface area contributed by atoms with E-state index in [0.29, 0.717) is 27.0 Å². The number of hydrogen-bond acceptors (Lipinski definition) is 4. The molecule has 106 valence electrons. The van der Waals surface area contributed by atoms with Crippen molar-refractivity contribution in [2.24, 2.45) is 0 Å². The molecule has 1 aromatic carbocycles. The molecular weight excluding hydrogens is 317 g/mol. The molecule has 3 nitrogen and oxygen atoms in total. The van der Waals surface area contributed by atoms with E-state index in [9.17, 15) is 4.79 Å². The Morgan fingerprint density at radius 2 is 2.10 bits per heavy atom. The average Bonchev–Trinajstić information content (AvgIpc) is 2.77. The van der Waals surface area contributed by atoms with Gasteiger partial charge in [-0.2, -0.15) is 0 Å². The Kier molecular flexibility index (Phi) is 4.58. The largest absolute Gasteiger partial charge is 0.465 e. The van der Waals surface area contributed by atoms with Gasteiger partial charge in [-0.3, -0.25) is 0 Å². The summed E-state index contributed by atoms with van der Waals surface area (Å²) >= 11 is 13.5. The van der Waals surface area contributed by atoms with Crippen molar-refractivity contribution in [1.29, 1.82) is 0 Å². The second kappa shape index (κ2) is 6.04. The molecule has 20 heavy (non-hydrogen) atoms. The fourth-order valence-corrected chi connectivity index (χ4v) is 3.66. The van der Waals surface area contributed by atoms with E-state index >= 15 is 0 Å². The molecule has 0 aliphatic rings. The standard InChI is InChI=1S/C14H13Cl2NO2S/c1-3-8-11(17)13(14(18)19-2)20-12(8)9-6-7(15)4-5-10(9)16/h4-6H,3,17H2,1-2H3. The van der Waals surface area contributed by atoms with Gasteiger partial charge >= 0.3 is 5.97 Å². The van der Waals surface area contributed by atoms with Crippen molar-refractivity contribution in [3.05, 3.63) is 38.7 Å². The second-order valence-corrected chi connectivity index (χ2v) is 5.99. The number of carbonyl (C=O) groups excluding carboxylic acids is 1. The van der Waals surface area contributed by atoms with E-state index < -0.39 is 5.97 Å². The van der Waals surface area contributed by atoms with E-state index in [0.717, 1.165) is 16.0 Å². The first-order chi connectivity index (χ1) is 9.49. The van der Waals surface area contributed by atoms with Crippen LogP contribution in [0.1, 0.15) is 22.2 Å². The summed E-state index contributed by atoms with van der Waals surface area (Å²) < 4.78 is 4.75. The van der Waals surface area contributed by atoms with Crippen LogP contribution in [0, 0.1) is 0 Å². The van der Waals surface area contributed by atoms with Crippen molar-refractivity contribution < 1.29 is 9.53 Å². The van der Waals surface area contributed by atoms with Crippen LogP contribution < -0.4 is 5.73 Å². The Bertz CT molecular complexity index is 667. The molecule has 0 bridgehead atoms. The van der Waals surface area contributed by atoms with Crippen LogP contribution in [0.15, 0.2) is 18.2 Å². The van der Waals surface area contributed by atoms with Crippen molar-refractivity contribution in [3.8, 4) is 10.4 Å². The predicted octanol–water partition coefficient (Wildman–Crippen LogP) is 4.65. The Morgan fingerprint density at radius 3 is 2.70 bits per heavy atom. The number of halogens is 2. The highest BCUT2D eigenvalue weighted by Gasteiger charge is 2.22. The Balaban J connectivity index is 2.68. The Hall–Kier alpha value is -1.23. The Labute approximate surface area is 131 Å². The molecule has 6 heteroatoms. The van der Waals surface area contributed by atoms with E-state index in [1.807, 2.05) is 6.92 Å². The number of nitrogen functional groups attached to an aromatic ring is 1. The molecule has 0 aliphatic heterocycles. The number of esters is 1. The Morgan fingerprint density at radius 1 is 1.40 bits per heavy atom. The molecule has 0 spiro atoms. The normalized spacial score (nSPS) is 10.6. The molecule has 1 heterocycles. The van der Waals surface area contributed by atoms with Crippen LogP contribution >= 0.6 is 34.5 Å². The number of ether oxygens (including phenoxy) is 1. The summed E-state index contributed by atoms with van der Waals surface area (Å²) in [6.07, 6.45) is 0.692. The zero-order valence-electron chi connectivity index (χ0n) is 11.0. The number of carbonyl (C=O) groups is 1. The van der Waals surface area contributed by atoms with Crippen LogP contribution in [-0.2, 0) is 11.2 Å². The third kappa shape index (κ3) is 2.64. The van der Waals surface area contributed by atoms with Gasteiger partial charge in [-0.25, -0.2) is 4.79 Å². The van der Waals surface area contributed by atoms with Crippen LogP contribution in [0.4, 0.5) is 5.69 Å². The summed E-state index contributed by atoms with van der Waals surface area (Å²) in [5.74, 6) is -0.438. The van der Waals surface area contributed by atoms with Crippen molar-refractivity contribution in [3.63, 3.8) is 0 Å². The molecule has 0 unspecified atom stereocenters. The zero-order valence-corrected chi connectivity index (χ0v) is 13.3. The first kappa shape index (κ1) is 15.2. The van der Waals surface area contributed by atoms with Crippen LogP contribution in [0.5, 0.6) is 0 Å². The quantitative estimate of drug-likeness (QED) is 0.833. The van der Waals surface area contributed by atoms with Gasteiger partial charge in [-0.05, 0) is 30.2 Å². The zero-order chi connectivity index (χ0) is 14.9. The van der Waals surface area contributed by atoms with Gasteiger partial charge in [-0.1, -0.05) is 30.1 Å².